The minimum absolute atomic E-state index is 0.221. The van der Waals surface area contributed by atoms with Gasteiger partial charge in [-0.15, -0.1) is 0 Å². The van der Waals surface area contributed by atoms with E-state index in [4.69, 9.17) is 4.99 Å². The lowest BCUT2D eigenvalue weighted by Crippen LogP contribution is -2.38. The maximum atomic E-state index is 13.4. The summed E-state index contributed by atoms with van der Waals surface area (Å²) in [6.07, 6.45) is 1.80. The molecule has 0 unspecified atom stereocenters. The number of aliphatic imine (C=N–C) groups is 1. The van der Waals surface area contributed by atoms with E-state index >= 15 is 0 Å². The zero-order valence-corrected chi connectivity index (χ0v) is 15.3. The summed E-state index contributed by atoms with van der Waals surface area (Å²) in [6, 6.07) is 10.6. The van der Waals surface area contributed by atoms with E-state index in [1.54, 1.807) is 18.3 Å². The topological polar surface area (TPSA) is 43.8 Å². The molecular formula is C19H26FN5. The van der Waals surface area contributed by atoms with E-state index in [2.05, 4.69) is 10.3 Å². The zero-order chi connectivity index (χ0) is 18.2. The van der Waals surface area contributed by atoms with Gasteiger partial charge in [-0.05, 0) is 42.3 Å². The molecule has 0 aliphatic carbocycles. The molecule has 0 bridgehead atoms. The molecule has 2 rings (SSSR count). The average Bonchev–Trinajstić information content (AvgIpc) is 2.58. The molecule has 6 heteroatoms. The molecule has 5 nitrogen and oxygen atoms in total. The van der Waals surface area contributed by atoms with Crippen LogP contribution < -0.4 is 10.2 Å². The molecule has 0 aliphatic heterocycles. The second kappa shape index (κ2) is 9.01. The Labute approximate surface area is 149 Å². The first kappa shape index (κ1) is 18.7. The van der Waals surface area contributed by atoms with Crippen molar-refractivity contribution in [2.24, 2.45) is 4.99 Å². The summed E-state index contributed by atoms with van der Waals surface area (Å²) in [6.45, 7) is 3.94. The van der Waals surface area contributed by atoms with Crippen molar-refractivity contribution in [1.29, 1.82) is 0 Å². The van der Waals surface area contributed by atoms with E-state index in [-0.39, 0.29) is 5.82 Å². The van der Waals surface area contributed by atoms with Crippen molar-refractivity contribution in [3.63, 3.8) is 0 Å². The van der Waals surface area contributed by atoms with E-state index in [0.717, 1.165) is 29.4 Å². The number of benzene rings is 1. The molecule has 0 amide bonds. The van der Waals surface area contributed by atoms with Crippen LogP contribution in [-0.4, -0.2) is 43.5 Å². The number of nitrogens with one attached hydrogen (secondary N) is 1. The Hall–Kier alpha value is -2.63. The van der Waals surface area contributed by atoms with E-state index in [1.165, 1.54) is 6.07 Å². The minimum atomic E-state index is -0.221. The summed E-state index contributed by atoms with van der Waals surface area (Å²) >= 11 is 0. The van der Waals surface area contributed by atoms with Crippen molar-refractivity contribution < 1.29 is 4.39 Å². The predicted octanol–water partition coefficient (Wildman–Crippen LogP) is 2.88. The van der Waals surface area contributed by atoms with Gasteiger partial charge < -0.3 is 15.1 Å². The number of halogens is 1. The summed E-state index contributed by atoms with van der Waals surface area (Å²) in [4.78, 5) is 13.0. The zero-order valence-electron chi connectivity index (χ0n) is 15.3. The van der Waals surface area contributed by atoms with Gasteiger partial charge >= 0.3 is 0 Å². The van der Waals surface area contributed by atoms with Crippen molar-refractivity contribution in [1.82, 2.24) is 15.2 Å². The Kier molecular flexibility index (Phi) is 6.74. The van der Waals surface area contributed by atoms with E-state index in [0.29, 0.717) is 13.1 Å². The Bertz CT molecular complexity index is 714. The molecule has 2 aromatic rings. The van der Waals surface area contributed by atoms with E-state index in [1.807, 2.05) is 56.1 Å². The van der Waals surface area contributed by atoms with E-state index < -0.39 is 0 Å². The van der Waals surface area contributed by atoms with Gasteiger partial charge in [0.05, 0.1) is 6.54 Å². The van der Waals surface area contributed by atoms with Crippen molar-refractivity contribution >= 4 is 11.8 Å². The number of guanidine groups is 1. The summed E-state index contributed by atoms with van der Waals surface area (Å²) in [5, 5.41) is 3.28. The number of rotatable bonds is 6. The van der Waals surface area contributed by atoms with Crippen LogP contribution in [0.25, 0.3) is 0 Å². The van der Waals surface area contributed by atoms with Crippen LogP contribution in [0, 0.1) is 5.82 Å². The molecule has 0 fully saturated rings. The van der Waals surface area contributed by atoms with Crippen molar-refractivity contribution in [2.45, 2.75) is 20.0 Å². The van der Waals surface area contributed by atoms with Gasteiger partial charge in [0.25, 0.3) is 0 Å². The van der Waals surface area contributed by atoms with Crippen LogP contribution in [0.1, 0.15) is 18.1 Å². The first-order chi connectivity index (χ1) is 12.0. The van der Waals surface area contributed by atoms with Gasteiger partial charge in [-0.1, -0.05) is 12.1 Å². The normalized spacial score (nSPS) is 11.3. The quantitative estimate of drug-likeness (QED) is 0.647. The van der Waals surface area contributed by atoms with Crippen LogP contribution in [-0.2, 0) is 13.1 Å². The van der Waals surface area contributed by atoms with Gasteiger partial charge in [-0.3, -0.25) is 0 Å². The molecule has 1 aromatic carbocycles. The molecule has 1 heterocycles. The maximum Gasteiger partial charge on any atom is 0.194 e. The van der Waals surface area contributed by atoms with Gasteiger partial charge in [-0.2, -0.15) is 0 Å². The largest absolute Gasteiger partial charge is 0.363 e. The molecule has 134 valence electrons. The van der Waals surface area contributed by atoms with E-state index in [9.17, 15) is 4.39 Å². The van der Waals surface area contributed by atoms with Gasteiger partial charge in [0.2, 0.25) is 0 Å². The van der Waals surface area contributed by atoms with Crippen molar-refractivity contribution in [2.75, 3.05) is 32.6 Å². The fraction of sp³-hybridized carbons (Fsp3) is 0.368. The Morgan fingerprint density at radius 2 is 1.96 bits per heavy atom. The third-order valence-corrected chi connectivity index (χ3v) is 3.68. The molecule has 1 aromatic heterocycles. The first-order valence-electron chi connectivity index (χ1n) is 8.35. The Morgan fingerprint density at radius 3 is 2.64 bits per heavy atom. The van der Waals surface area contributed by atoms with Gasteiger partial charge in [0, 0.05) is 40.4 Å². The summed E-state index contributed by atoms with van der Waals surface area (Å²) < 4.78 is 13.4. The van der Waals surface area contributed by atoms with Crippen LogP contribution >= 0.6 is 0 Å². The van der Waals surface area contributed by atoms with Crippen molar-refractivity contribution in [3.05, 3.63) is 59.5 Å². The first-order valence-corrected chi connectivity index (χ1v) is 8.35. The van der Waals surface area contributed by atoms with Crippen LogP contribution in [0.4, 0.5) is 10.2 Å². The fourth-order valence-corrected chi connectivity index (χ4v) is 2.42. The smallest absolute Gasteiger partial charge is 0.194 e. The molecule has 0 saturated heterocycles. The maximum absolute atomic E-state index is 13.4. The molecule has 0 atom stereocenters. The van der Waals surface area contributed by atoms with Gasteiger partial charge in [0.15, 0.2) is 5.96 Å². The lowest BCUT2D eigenvalue weighted by Gasteiger charge is -2.22. The Balaban J connectivity index is 2.10. The number of anilines is 1. The lowest BCUT2D eigenvalue weighted by atomic mass is 10.2. The molecule has 25 heavy (non-hydrogen) atoms. The number of pyridine rings is 1. The van der Waals surface area contributed by atoms with Crippen molar-refractivity contribution in [3.8, 4) is 0 Å². The third kappa shape index (κ3) is 5.74. The fourth-order valence-electron chi connectivity index (χ4n) is 2.42. The third-order valence-electron chi connectivity index (χ3n) is 3.68. The molecular weight excluding hydrogens is 317 g/mol. The number of aromatic nitrogens is 1. The van der Waals surface area contributed by atoms with Gasteiger partial charge in [-0.25, -0.2) is 14.4 Å². The number of hydrogen-bond donors (Lipinski definition) is 1. The molecule has 0 saturated carbocycles. The van der Waals surface area contributed by atoms with Crippen LogP contribution in [0.5, 0.6) is 0 Å². The average molecular weight is 343 g/mol. The van der Waals surface area contributed by atoms with Crippen LogP contribution in [0.15, 0.2) is 47.6 Å². The molecule has 1 N–H and O–H groups in total. The standard InChI is InChI=1S/C19H26FN5/c1-5-21-19(25(4)14-16-7-6-8-17(20)11-16)23-13-15-9-10-22-18(12-15)24(2)3/h6-12H,5,13-14H2,1-4H3,(H,21,23). The van der Waals surface area contributed by atoms with Crippen LogP contribution in [0.3, 0.4) is 0 Å². The second-order valence-corrected chi connectivity index (χ2v) is 6.07. The molecule has 0 radical (unpaired) electrons. The summed E-state index contributed by atoms with van der Waals surface area (Å²) in [7, 11) is 5.88. The summed E-state index contributed by atoms with van der Waals surface area (Å²) in [5.41, 5.74) is 2.00. The highest BCUT2D eigenvalue weighted by Gasteiger charge is 2.07. The second-order valence-electron chi connectivity index (χ2n) is 6.07. The summed E-state index contributed by atoms with van der Waals surface area (Å²) in [5.74, 6) is 1.47. The number of hydrogen-bond acceptors (Lipinski definition) is 3. The van der Waals surface area contributed by atoms with Gasteiger partial charge in [0.1, 0.15) is 11.6 Å². The highest BCUT2D eigenvalue weighted by molar-refractivity contribution is 5.79. The Morgan fingerprint density at radius 1 is 1.16 bits per heavy atom. The number of nitrogens with zero attached hydrogens (tertiary/aromatic N) is 4. The monoisotopic (exact) mass is 343 g/mol. The minimum Gasteiger partial charge on any atom is -0.363 e. The highest BCUT2D eigenvalue weighted by atomic mass is 19.1. The molecule has 0 spiro atoms. The predicted molar refractivity (Wildman–Crippen MR) is 101 cm³/mol. The SMILES string of the molecule is CCNC(=NCc1ccnc(N(C)C)c1)N(C)Cc1cccc(F)c1. The highest BCUT2D eigenvalue weighted by Crippen LogP contribution is 2.11. The lowest BCUT2D eigenvalue weighted by molar-refractivity contribution is 0.474. The van der Waals surface area contributed by atoms with Crippen LogP contribution in [0.2, 0.25) is 0 Å². The molecule has 0 aliphatic rings.